The quantitative estimate of drug-likeness (QED) is 0.743. The average molecular weight is 346 g/mol. The van der Waals surface area contributed by atoms with Gasteiger partial charge in [-0.1, -0.05) is 6.92 Å². The minimum absolute atomic E-state index is 0.0318. The zero-order chi connectivity index (χ0) is 17.7. The Hall–Kier alpha value is -1.70. The summed E-state index contributed by atoms with van der Waals surface area (Å²) in [5, 5.41) is 0. The highest BCUT2D eigenvalue weighted by Crippen LogP contribution is 2.27. The first-order valence-corrected chi connectivity index (χ1v) is 8.10. The topological polar surface area (TPSA) is 61.2 Å². The smallest absolute Gasteiger partial charge is 0.376 e. The number of aldehydes is 1. The predicted molar refractivity (Wildman–Crippen MR) is 80.6 cm³/mol. The summed E-state index contributed by atoms with van der Waals surface area (Å²) in [4.78, 5) is 26.2. The van der Waals surface area contributed by atoms with E-state index in [4.69, 9.17) is 4.74 Å². The Morgan fingerprint density at radius 1 is 1.33 bits per heavy atom. The molecule has 0 aliphatic heterocycles. The van der Waals surface area contributed by atoms with E-state index in [9.17, 15) is 22.8 Å². The Labute approximate surface area is 137 Å². The number of hydrogen-bond donors (Lipinski definition) is 0. The molecule has 0 spiro atoms. The van der Waals surface area contributed by atoms with Crippen LogP contribution in [0.2, 0.25) is 0 Å². The molecule has 0 aromatic carbocycles. The molecule has 24 heavy (non-hydrogen) atoms. The van der Waals surface area contributed by atoms with Crippen molar-refractivity contribution in [2.45, 2.75) is 57.9 Å². The number of halogens is 3. The number of nitrogens with zero attached hydrogens (tertiary/aromatic N) is 2. The lowest BCUT2D eigenvalue weighted by atomic mass is 9.88. The van der Waals surface area contributed by atoms with Crippen molar-refractivity contribution in [2.75, 3.05) is 6.61 Å². The Balaban J connectivity index is 1.97. The normalized spacial score (nSPS) is 21.7. The third kappa shape index (κ3) is 4.66. The zero-order valence-corrected chi connectivity index (χ0v) is 13.5. The average Bonchev–Trinajstić information content (AvgIpc) is 2.55. The monoisotopic (exact) mass is 346 g/mol. The summed E-state index contributed by atoms with van der Waals surface area (Å²) in [5.41, 5.74) is -1.88. The molecule has 134 valence electrons. The van der Waals surface area contributed by atoms with E-state index < -0.39 is 17.4 Å². The fourth-order valence-corrected chi connectivity index (χ4v) is 2.91. The van der Waals surface area contributed by atoms with Crippen LogP contribution >= 0.6 is 0 Å². The highest BCUT2D eigenvalue weighted by atomic mass is 19.4. The molecule has 0 unspecified atom stereocenters. The maximum Gasteiger partial charge on any atom is 0.433 e. The first-order valence-electron chi connectivity index (χ1n) is 8.10. The summed E-state index contributed by atoms with van der Waals surface area (Å²) in [5.74, 6) is 0.196. The molecule has 1 fully saturated rings. The standard InChI is InChI=1S/C16H21F3N2O3/c1-2-14-20-13(16(17,18)19)9-15(23)21(14)7-8-24-12-5-3-11(10-22)4-6-12/h9-12H,2-8H2,1H3. The van der Waals surface area contributed by atoms with Gasteiger partial charge in [0.2, 0.25) is 0 Å². The largest absolute Gasteiger partial charge is 0.433 e. The number of alkyl halides is 3. The van der Waals surface area contributed by atoms with Crippen LogP contribution in [-0.4, -0.2) is 28.5 Å². The van der Waals surface area contributed by atoms with Crippen molar-refractivity contribution in [1.82, 2.24) is 9.55 Å². The molecular weight excluding hydrogens is 325 g/mol. The Kier molecular flexibility index (Phi) is 6.15. The molecule has 1 aromatic rings. The second kappa shape index (κ2) is 7.92. The molecule has 1 aliphatic carbocycles. The van der Waals surface area contributed by atoms with Crippen LogP contribution in [0.1, 0.15) is 44.1 Å². The van der Waals surface area contributed by atoms with E-state index in [0.717, 1.165) is 32.0 Å². The van der Waals surface area contributed by atoms with Crippen LogP contribution in [-0.2, 0) is 28.7 Å². The van der Waals surface area contributed by atoms with Gasteiger partial charge in [0.15, 0.2) is 5.69 Å². The van der Waals surface area contributed by atoms with E-state index in [1.54, 1.807) is 6.92 Å². The molecule has 0 bridgehead atoms. The summed E-state index contributed by atoms with van der Waals surface area (Å²) in [7, 11) is 0. The van der Waals surface area contributed by atoms with Crippen LogP contribution in [0.4, 0.5) is 13.2 Å². The molecule has 0 amide bonds. The zero-order valence-electron chi connectivity index (χ0n) is 13.5. The summed E-state index contributed by atoms with van der Waals surface area (Å²) in [6, 6.07) is 0.522. The summed E-state index contributed by atoms with van der Waals surface area (Å²) < 4.78 is 45.1. The predicted octanol–water partition coefficient (Wildman–Crippen LogP) is 2.60. The molecule has 1 saturated carbocycles. The van der Waals surface area contributed by atoms with Gasteiger partial charge >= 0.3 is 6.18 Å². The van der Waals surface area contributed by atoms with Crippen molar-refractivity contribution < 1.29 is 22.7 Å². The Morgan fingerprint density at radius 3 is 2.54 bits per heavy atom. The first-order chi connectivity index (χ1) is 11.3. The van der Waals surface area contributed by atoms with Crippen molar-refractivity contribution in [3.8, 4) is 0 Å². The number of aromatic nitrogens is 2. The lowest BCUT2D eigenvalue weighted by Crippen LogP contribution is -2.30. The van der Waals surface area contributed by atoms with Crippen molar-refractivity contribution in [3.63, 3.8) is 0 Å². The molecule has 0 atom stereocenters. The van der Waals surface area contributed by atoms with Gasteiger partial charge in [0.1, 0.15) is 12.1 Å². The molecule has 0 radical (unpaired) electrons. The van der Waals surface area contributed by atoms with Gasteiger partial charge in [-0.05, 0) is 25.7 Å². The number of hydrogen-bond acceptors (Lipinski definition) is 4. The fraction of sp³-hybridized carbons (Fsp3) is 0.688. The van der Waals surface area contributed by atoms with Crippen molar-refractivity contribution in [3.05, 3.63) is 27.9 Å². The number of carbonyl (C=O) groups is 1. The van der Waals surface area contributed by atoms with E-state index in [-0.39, 0.29) is 37.4 Å². The van der Waals surface area contributed by atoms with Gasteiger partial charge in [-0.25, -0.2) is 4.98 Å². The fourth-order valence-electron chi connectivity index (χ4n) is 2.91. The highest BCUT2D eigenvalue weighted by molar-refractivity contribution is 5.53. The van der Waals surface area contributed by atoms with Gasteiger partial charge < -0.3 is 9.53 Å². The summed E-state index contributed by atoms with van der Waals surface area (Å²) in [6.45, 7) is 2.05. The first kappa shape index (κ1) is 18.6. The van der Waals surface area contributed by atoms with Crippen LogP contribution in [0.3, 0.4) is 0 Å². The minimum atomic E-state index is -4.63. The van der Waals surface area contributed by atoms with Crippen molar-refractivity contribution >= 4 is 6.29 Å². The second-order valence-electron chi connectivity index (χ2n) is 5.94. The third-order valence-corrected chi connectivity index (χ3v) is 4.27. The van der Waals surface area contributed by atoms with E-state index in [1.807, 2.05) is 0 Å². The van der Waals surface area contributed by atoms with Gasteiger partial charge in [0.25, 0.3) is 5.56 Å². The lowest BCUT2D eigenvalue weighted by molar-refractivity contribution is -0.141. The molecule has 1 aromatic heterocycles. The Morgan fingerprint density at radius 2 is 2.00 bits per heavy atom. The number of rotatable bonds is 6. The van der Waals surface area contributed by atoms with Crippen molar-refractivity contribution in [1.29, 1.82) is 0 Å². The molecular formula is C16H21F3N2O3. The van der Waals surface area contributed by atoms with E-state index in [1.165, 1.54) is 4.57 Å². The number of carbonyl (C=O) groups excluding carboxylic acids is 1. The molecule has 0 saturated heterocycles. The van der Waals surface area contributed by atoms with Gasteiger partial charge in [0, 0.05) is 18.4 Å². The van der Waals surface area contributed by atoms with Crippen molar-refractivity contribution in [2.24, 2.45) is 5.92 Å². The van der Waals surface area contributed by atoms with Crippen LogP contribution in [0.25, 0.3) is 0 Å². The third-order valence-electron chi connectivity index (χ3n) is 4.27. The second-order valence-corrected chi connectivity index (χ2v) is 5.94. The molecule has 2 rings (SSSR count). The molecule has 5 nitrogen and oxygen atoms in total. The summed E-state index contributed by atoms with van der Waals surface area (Å²) >= 11 is 0. The van der Waals surface area contributed by atoms with E-state index in [2.05, 4.69) is 4.98 Å². The maximum absolute atomic E-state index is 12.7. The van der Waals surface area contributed by atoms with Gasteiger partial charge in [-0.3, -0.25) is 9.36 Å². The molecule has 1 aliphatic rings. The lowest BCUT2D eigenvalue weighted by Gasteiger charge is -2.25. The molecule has 0 N–H and O–H groups in total. The van der Waals surface area contributed by atoms with Crippen LogP contribution in [0.15, 0.2) is 10.9 Å². The van der Waals surface area contributed by atoms with Gasteiger partial charge in [-0.15, -0.1) is 0 Å². The SMILES string of the molecule is CCc1nc(C(F)(F)F)cc(=O)n1CCOC1CCC(C=O)CC1. The molecule has 1 heterocycles. The van der Waals surface area contributed by atoms with Gasteiger partial charge in [-0.2, -0.15) is 13.2 Å². The highest BCUT2D eigenvalue weighted by Gasteiger charge is 2.34. The minimum Gasteiger partial charge on any atom is -0.376 e. The van der Waals surface area contributed by atoms with E-state index in [0.29, 0.717) is 6.07 Å². The van der Waals surface area contributed by atoms with E-state index >= 15 is 0 Å². The number of aryl methyl sites for hydroxylation is 1. The van der Waals surface area contributed by atoms with Crippen LogP contribution < -0.4 is 5.56 Å². The maximum atomic E-state index is 12.7. The van der Waals surface area contributed by atoms with Crippen LogP contribution in [0, 0.1) is 5.92 Å². The van der Waals surface area contributed by atoms with Gasteiger partial charge in [0.05, 0.1) is 19.3 Å². The summed E-state index contributed by atoms with van der Waals surface area (Å²) in [6.07, 6.45) is -0.262. The molecule has 8 heteroatoms. The Bertz CT molecular complexity index is 620. The number of ether oxygens (including phenoxy) is 1. The van der Waals surface area contributed by atoms with Crippen LogP contribution in [0.5, 0.6) is 0 Å².